The monoisotopic (exact) mass is 384 g/mol. The van der Waals surface area contributed by atoms with Gasteiger partial charge in [0, 0.05) is 5.02 Å². The van der Waals surface area contributed by atoms with E-state index in [4.69, 9.17) is 26.8 Å². The smallest absolute Gasteiger partial charge is 0.411 e. The van der Waals surface area contributed by atoms with Crippen molar-refractivity contribution in [2.75, 3.05) is 6.61 Å². The Bertz CT molecular complexity index is 590. The number of nitrogens with two attached hydrogens (primary N) is 1. The lowest BCUT2D eigenvalue weighted by molar-refractivity contribution is -0.125. The molecule has 0 radical (unpaired) electrons. The Kier molecular flexibility index (Phi) is 8.88. The molecule has 1 aromatic rings. The predicted molar refractivity (Wildman–Crippen MR) is 102 cm³/mol. The predicted octanol–water partition coefficient (Wildman–Crippen LogP) is 3.60. The highest BCUT2D eigenvalue weighted by molar-refractivity contribution is 6.30. The molecule has 0 spiro atoms. The van der Waals surface area contributed by atoms with E-state index in [9.17, 15) is 9.59 Å². The van der Waals surface area contributed by atoms with Crippen LogP contribution in [0.4, 0.5) is 4.79 Å². The van der Waals surface area contributed by atoms with Gasteiger partial charge in [-0.25, -0.2) is 4.79 Å². The largest absolute Gasteiger partial charge is 0.447 e. The minimum Gasteiger partial charge on any atom is -0.447 e. The summed E-state index contributed by atoms with van der Waals surface area (Å²) in [6.45, 7) is 9.61. The van der Waals surface area contributed by atoms with Gasteiger partial charge in [-0.15, -0.1) is 0 Å². The molecule has 7 heteroatoms. The number of amides is 2. The third-order valence-corrected chi connectivity index (χ3v) is 4.04. The van der Waals surface area contributed by atoms with Crippen molar-refractivity contribution in [2.45, 2.75) is 59.4 Å². The summed E-state index contributed by atoms with van der Waals surface area (Å²) in [5, 5.41) is 0.658. The average Bonchev–Trinajstić information content (AvgIpc) is 2.52. The number of benzene rings is 1. The maximum Gasteiger partial charge on any atom is 0.411 e. The van der Waals surface area contributed by atoms with Crippen LogP contribution in [0.1, 0.15) is 40.2 Å². The van der Waals surface area contributed by atoms with E-state index in [1.54, 1.807) is 26.0 Å². The van der Waals surface area contributed by atoms with Crippen LogP contribution in [0.3, 0.4) is 0 Å². The molecule has 0 heterocycles. The second kappa shape index (κ2) is 10.4. The van der Waals surface area contributed by atoms with Crippen molar-refractivity contribution in [3.05, 3.63) is 34.9 Å². The number of hydrogen-bond donors (Lipinski definition) is 1. The fourth-order valence-corrected chi connectivity index (χ4v) is 2.75. The third kappa shape index (κ3) is 6.84. The summed E-state index contributed by atoms with van der Waals surface area (Å²) in [4.78, 5) is 25.8. The van der Waals surface area contributed by atoms with Crippen LogP contribution < -0.4 is 5.73 Å². The Balaban J connectivity index is 2.81. The molecular formula is C19H29ClN2O4. The maximum absolute atomic E-state index is 12.5. The molecule has 0 aliphatic rings. The summed E-state index contributed by atoms with van der Waals surface area (Å²) < 4.78 is 11.0. The van der Waals surface area contributed by atoms with Crippen LogP contribution >= 0.6 is 11.6 Å². The van der Waals surface area contributed by atoms with E-state index in [2.05, 4.69) is 0 Å². The molecule has 2 N–H and O–H groups in total. The summed E-state index contributed by atoms with van der Waals surface area (Å²) in [6.07, 6.45) is -0.868. The summed E-state index contributed by atoms with van der Waals surface area (Å²) >= 11 is 5.87. The first-order valence-electron chi connectivity index (χ1n) is 8.74. The van der Waals surface area contributed by atoms with Gasteiger partial charge < -0.3 is 15.2 Å². The molecular weight excluding hydrogens is 356 g/mol. The van der Waals surface area contributed by atoms with Crippen LogP contribution in [-0.4, -0.2) is 41.7 Å². The van der Waals surface area contributed by atoms with Crippen molar-refractivity contribution in [3.63, 3.8) is 0 Å². The van der Waals surface area contributed by atoms with E-state index >= 15 is 0 Å². The number of carbonyl (C=O) groups is 2. The van der Waals surface area contributed by atoms with Crippen molar-refractivity contribution in [1.82, 2.24) is 4.90 Å². The number of nitrogens with zero attached hydrogens (tertiary/aromatic N) is 1. The van der Waals surface area contributed by atoms with Crippen LogP contribution in [-0.2, 0) is 20.9 Å². The van der Waals surface area contributed by atoms with Crippen molar-refractivity contribution < 1.29 is 19.1 Å². The molecule has 146 valence electrons. The molecule has 26 heavy (non-hydrogen) atoms. The summed E-state index contributed by atoms with van der Waals surface area (Å²) in [5.74, 6) is -0.712. The van der Waals surface area contributed by atoms with Crippen molar-refractivity contribution in [2.24, 2.45) is 11.7 Å². The van der Waals surface area contributed by atoms with E-state index in [1.165, 1.54) is 4.90 Å². The van der Waals surface area contributed by atoms with E-state index in [1.807, 2.05) is 32.9 Å². The quantitative estimate of drug-likeness (QED) is 0.705. The normalized spacial score (nSPS) is 13.5. The Hall–Kier alpha value is -1.79. The van der Waals surface area contributed by atoms with Gasteiger partial charge in [-0.1, -0.05) is 37.6 Å². The van der Waals surface area contributed by atoms with Gasteiger partial charge in [0.15, 0.2) is 0 Å². The SMILES string of the molecule is CC(C)OC(=O)N(C(C)COCc1ccc(Cl)cc1)[C@H](C(N)=O)C(C)C. The molecule has 6 nitrogen and oxygen atoms in total. The Morgan fingerprint density at radius 1 is 1.12 bits per heavy atom. The fraction of sp³-hybridized carbons (Fsp3) is 0.579. The Morgan fingerprint density at radius 3 is 2.15 bits per heavy atom. The van der Waals surface area contributed by atoms with Crippen LogP contribution in [0.25, 0.3) is 0 Å². The van der Waals surface area contributed by atoms with Crippen molar-refractivity contribution in [1.29, 1.82) is 0 Å². The number of primary amides is 1. The van der Waals surface area contributed by atoms with Gasteiger partial charge in [0.05, 0.1) is 25.4 Å². The topological polar surface area (TPSA) is 81.9 Å². The molecule has 2 atom stereocenters. The van der Waals surface area contributed by atoms with Crippen LogP contribution in [0.15, 0.2) is 24.3 Å². The van der Waals surface area contributed by atoms with Gasteiger partial charge in [-0.2, -0.15) is 0 Å². The molecule has 0 bridgehead atoms. The molecule has 0 saturated heterocycles. The second-order valence-corrected chi connectivity index (χ2v) is 7.36. The van der Waals surface area contributed by atoms with E-state index in [0.717, 1.165) is 5.56 Å². The lowest BCUT2D eigenvalue weighted by Crippen LogP contribution is -2.56. The first-order valence-corrected chi connectivity index (χ1v) is 9.11. The second-order valence-electron chi connectivity index (χ2n) is 6.92. The maximum atomic E-state index is 12.5. The van der Waals surface area contributed by atoms with E-state index < -0.39 is 18.0 Å². The molecule has 0 aliphatic carbocycles. The van der Waals surface area contributed by atoms with E-state index in [0.29, 0.717) is 11.6 Å². The number of ether oxygens (including phenoxy) is 2. The highest BCUT2D eigenvalue weighted by atomic mass is 35.5. The van der Waals surface area contributed by atoms with Crippen LogP contribution in [0.5, 0.6) is 0 Å². The molecule has 0 saturated carbocycles. The zero-order chi connectivity index (χ0) is 19.9. The number of rotatable bonds is 9. The fourth-order valence-electron chi connectivity index (χ4n) is 2.63. The number of carbonyl (C=O) groups excluding carboxylic acids is 2. The minimum absolute atomic E-state index is 0.147. The molecule has 0 aromatic heterocycles. The third-order valence-electron chi connectivity index (χ3n) is 3.79. The van der Waals surface area contributed by atoms with Crippen molar-refractivity contribution in [3.8, 4) is 0 Å². The number of halogens is 1. The molecule has 2 amide bonds. The number of hydrogen-bond acceptors (Lipinski definition) is 4. The molecule has 1 rings (SSSR count). The molecule has 0 aliphatic heterocycles. The highest BCUT2D eigenvalue weighted by Crippen LogP contribution is 2.18. The standard InChI is InChI=1S/C19H29ClN2O4/c1-12(2)17(18(21)23)22(19(24)26-13(3)4)14(5)10-25-11-15-6-8-16(20)9-7-15/h6-9,12-14,17H,10-11H2,1-5H3,(H2,21,23)/t14?,17-/m0/s1. The van der Waals surface area contributed by atoms with Gasteiger partial charge >= 0.3 is 6.09 Å². The first kappa shape index (κ1) is 22.3. The summed E-state index contributed by atoms with van der Waals surface area (Å²) in [7, 11) is 0. The lowest BCUT2D eigenvalue weighted by Gasteiger charge is -2.36. The first-order chi connectivity index (χ1) is 12.1. The minimum atomic E-state index is -0.768. The van der Waals surface area contributed by atoms with Gasteiger partial charge in [-0.05, 0) is 44.4 Å². The van der Waals surface area contributed by atoms with Crippen LogP contribution in [0, 0.1) is 5.92 Å². The highest BCUT2D eigenvalue weighted by Gasteiger charge is 2.35. The van der Waals surface area contributed by atoms with Gasteiger partial charge in [0.2, 0.25) is 5.91 Å². The molecule has 1 aromatic carbocycles. The average molecular weight is 385 g/mol. The van der Waals surface area contributed by atoms with E-state index in [-0.39, 0.29) is 24.7 Å². The summed E-state index contributed by atoms with van der Waals surface area (Å²) in [6, 6.07) is 6.18. The van der Waals surface area contributed by atoms with Crippen LogP contribution in [0.2, 0.25) is 5.02 Å². The van der Waals surface area contributed by atoms with Crippen molar-refractivity contribution >= 4 is 23.6 Å². The Morgan fingerprint density at radius 2 is 1.69 bits per heavy atom. The molecule has 1 unspecified atom stereocenters. The summed E-state index contributed by atoms with van der Waals surface area (Å²) in [5.41, 5.74) is 6.50. The van der Waals surface area contributed by atoms with Gasteiger partial charge in [-0.3, -0.25) is 9.69 Å². The zero-order valence-corrected chi connectivity index (χ0v) is 16.8. The zero-order valence-electron chi connectivity index (χ0n) is 16.1. The van der Waals surface area contributed by atoms with Gasteiger partial charge in [0.1, 0.15) is 6.04 Å². The molecule has 0 fully saturated rings. The Labute approximate surface area is 160 Å². The van der Waals surface area contributed by atoms with Gasteiger partial charge in [0.25, 0.3) is 0 Å². The lowest BCUT2D eigenvalue weighted by atomic mass is 10.0.